The number of hydrogen-bond acceptors (Lipinski definition) is 3. The van der Waals surface area contributed by atoms with Crippen molar-refractivity contribution >= 4 is 28.7 Å². The van der Waals surface area contributed by atoms with Crippen molar-refractivity contribution in [1.82, 2.24) is 15.6 Å². The number of carboxylic acids is 1. The number of para-hydroxylation sites is 1. The van der Waals surface area contributed by atoms with Gasteiger partial charge in [-0.3, -0.25) is 14.4 Å². The molecule has 0 saturated carbocycles. The molecule has 2 aromatic rings. The first-order valence-corrected chi connectivity index (χ1v) is 7.53. The zero-order valence-corrected chi connectivity index (χ0v) is 13.6. The lowest BCUT2D eigenvalue weighted by molar-refractivity contribution is -0.141. The number of hydrogen-bond donors (Lipinski definition) is 4. The van der Waals surface area contributed by atoms with E-state index in [2.05, 4.69) is 15.6 Å². The number of aliphatic carboxylic acids is 1. The van der Waals surface area contributed by atoms with Crippen molar-refractivity contribution in [1.29, 1.82) is 0 Å². The predicted octanol–water partition coefficient (Wildman–Crippen LogP) is 1.43. The molecule has 0 fully saturated rings. The monoisotopic (exact) mass is 371 g/mol. The molecule has 0 aliphatic carbocycles. The fraction of sp³-hybridized carbons (Fsp3) is 0.312. The number of rotatable bonds is 6. The second-order valence-electron chi connectivity index (χ2n) is 5.59. The molecule has 2 rings (SSSR count). The summed E-state index contributed by atoms with van der Waals surface area (Å²) in [7, 11) is 0. The largest absolute Gasteiger partial charge is 0.480 e. The van der Waals surface area contributed by atoms with Crippen LogP contribution in [0, 0.1) is 0 Å². The Hall–Kier alpha value is -3.04. The zero-order chi connectivity index (χ0) is 19.5. The van der Waals surface area contributed by atoms with Crippen LogP contribution in [0.25, 0.3) is 10.9 Å². The van der Waals surface area contributed by atoms with Gasteiger partial charge in [-0.25, -0.2) is 0 Å². The van der Waals surface area contributed by atoms with Crippen LogP contribution < -0.4 is 10.6 Å². The molecule has 26 heavy (non-hydrogen) atoms. The van der Waals surface area contributed by atoms with Gasteiger partial charge in [-0.1, -0.05) is 18.2 Å². The number of halogens is 3. The SMILES string of the molecule is CC(=O)N[C@@H](Cc1c(C(F)(F)F)[nH]c2ccccc12)C(=O)NCC(=O)O. The summed E-state index contributed by atoms with van der Waals surface area (Å²) < 4.78 is 40.1. The summed E-state index contributed by atoms with van der Waals surface area (Å²) >= 11 is 0. The predicted molar refractivity (Wildman–Crippen MR) is 85.3 cm³/mol. The Bertz CT molecular complexity index is 845. The molecule has 4 N–H and O–H groups in total. The lowest BCUT2D eigenvalue weighted by Crippen LogP contribution is -2.48. The van der Waals surface area contributed by atoms with Crippen LogP contribution in [0.1, 0.15) is 18.2 Å². The molecule has 0 aliphatic rings. The molecule has 0 radical (unpaired) electrons. The molecule has 0 spiro atoms. The Morgan fingerprint density at radius 3 is 2.46 bits per heavy atom. The number of nitrogens with one attached hydrogen (secondary N) is 3. The summed E-state index contributed by atoms with van der Waals surface area (Å²) in [5.74, 6) is -2.84. The van der Waals surface area contributed by atoms with E-state index < -0.39 is 48.7 Å². The fourth-order valence-corrected chi connectivity index (χ4v) is 2.60. The first-order valence-electron chi connectivity index (χ1n) is 7.53. The molecule has 1 aromatic heterocycles. The van der Waals surface area contributed by atoms with E-state index in [0.29, 0.717) is 0 Å². The van der Waals surface area contributed by atoms with Crippen molar-refractivity contribution in [3.05, 3.63) is 35.5 Å². The Balaban J connectivity index is 2.42. The van der Waals surface area contributed by atoms with E-state index >= 15 is 0 Å². The van der Waals surface area contributed by atoms with E-state index in [1.165, 1.54) is 12.1 Å². The Morgan fingerprint density at radius 2 is 1.88 bits per heavy atom. The number of H-pyrrole nitrogens is 1. The average Bonchev–Trinajstić information content (AvgIpc) is 2.90. The summed E-state index contributed by atoms with van der Waals surface area (Å²) in [6.45, 7) is 0.395. The maximum absolute atomic E-state index is 13.4. The van der Waals surface area contributed by atoms with Gasteiger partial charge in [0.2, 0.25) is 11.8 Å². The van der Waals surface area contributed by atoms with Gasteiger partial charge in [-0.2, -0.15) is 13.2 Å². The number of fused-ring (bicyclic) bond motifs is 1. The molecule has 2 amide bonds. The van der Waals surface area contributed by atoms with Crippen molar-refractivity contribution in [2.24, 2.45) is 0 Å². The standard InChI is InChI=1S/C16H16F3N3O4/c1-8(23)21-12(15(26)20-7-13(24)25)6-10-9-4-2-3-5-11(9)22-14(10)16(17,18)19/h2-5,12,22H,6-7H2,1H3,(H,20,26)(H,21,23)(H,24,25)/t12-/m0/s1. The molecule has 1 heterocycles. The lowest BCUT2D eigenvalue weighted by atomic mass is 10.0. The van der Waals surface area contributed by atoms with Crippen LogP contribution >= 0.6 is 0 Å². The highest BCUT2D eigenvalue weighted by Crippen LogP contribution is 2.36. The molecule has 0 bridgehead atoms. The topological polar surface area (TPSA) is 111 Å². The first kappa shape index (κ1) is 19.3. The minimum absolute atomic E-state index is 0.183. The van der Waals surface area contributed by atoms with Crippen LogP contribution in [0.4, 0.5) is 13.2 Å². The minimum atomic E-state index is -4.69. The zero-order valence-electron chi connectivity index (χ0n) is 13.6. The lowest BCUT2D eigenvalue weighted by Gasteiger charge is -2.18. The summed E-state index contributed by atoms with van der Waals surface area (Å²) in [4.78, 5) is 36.3. The van der Waals surface area contributed by atoms with Gasteiger partial charge < -0.3 is 20.7 Å². The third-order valence-electron chi connectivity index (χ3n) is 3.61. The number of aromatic nitrogens is 1. The van der Waals surface area contributed by atoms with E-state index in [4.69, 9.17) is 5.11 Å². The van der Waals surface area contributed by atoms with Gasteiger partial charge in [-0.05, 0) is 11.6 Å². The molecular formula is C16H16F3N3O4. The summed E-state index contributed by atoms with van der Waals surface area (Å²) in [5, 5.41) is 13.2. The molecule has 0 unspecified atom stereocenters. The normalized spacial score (nSPS) is 12.6. The second-order valence-corrected chi connectivity index (χ2v) is 5.59. The highest BCUT2D eigenvalue weighted by Gasteiger charge is 2.37. The van der Waals surface area contributed by atoms with Gasteiger partial charge in [0.15, 0.2) is 0 Å². The highest BCUT2D eigenvalue weighted by atomic mass is 19.4. The van der Waals surface area contributed by atoms with Crippen LogP contribution in [-0.2, 0) is 27.0 Å². The molecule has 7 nitrogen and oxygen atoms in total. The Morgan fingerprint density at radius 1 is 1.23 bits per heavy atom. The second kappa shape index (κ2) is 7.46. The van der Waals surface area contributed by atoms with Crippen LogP contribution in [0.2, 0.25) is 0 Å². The summed E-state index contributed by atoms with van der Waals surface area (Å²) in [6, 6.07) is 4.69. The number of carbonyl (C=O) groups is 3. The number of carbonyl (C=O) groups excluding carboxylic acids is 2. The van der Waals surface area contributed by atoms with Gasteiger partial charge in [0.05, 0.1) is 0 Å². The molecule has 140 valence electrons. The quantitative estimate of drug-likeness (QED) is 0.616. The molecule has 1 atom stereocenters. The van der Waals surface area contributed by atoms with Crippen molar-refractivity contribution < 1.29 is 32.7 Å². The van der Waals surface area contributed by atoms with E-state index in [1.54, 1.807) is 12.1 Å². The molecule has 0 saturated heterocycles. The third kappa shape index (κ3) is 4.52. The Labute approximate surface area is 145 Å². The maximum Gasteiger partial charge on any atom is 0.431 e. The number of benzene rings is 1. The van der Waals surface area contributed by atoms with E-state index in [1.807, 2.05) is 0 Å². The summed E-state index contributed by atoms with van der Waals surface area (Å²) in [6.07, 6.45) is -5.14. The van der Waals surface area contributed by atoms with Gasteiger partial charge in [0.25, 0.3) is 0 Å². The van der Waals surface area contributed by atoms with Crippen molar-refractivity contribution in [3.8, 4) is 0 Å². The smallest absolute Gasteiger partial charge is 0.431 e. The van der Waals surface area contributed by atoms with Crippen LogP contribution in [0.15, 0.2) is 24.3 Å². The Kier molecular flexibility index (Phi) is 5.53. The van der Waals surface area contributed by atoms with Crippen LogP contribution in [0.5, 0.6) is 0 Å². The third-order valence-corrected chi connectivity index (χ3v) is 3.61. The van der Waals surface area contributed by atoms with Gasteiger partial charge in [-0.15, -0.1) is 0 Å². The van der Waals surface area contributed by atoms with Crippen molar-refractivity contribution in [3.63, 3.8) is 0 Å². The maximum atomic E-state index is 13.4. The highest BCUT2D eigenvalue weighted by molar-refractivity contribution is 5.91. The number of carboxylic acid groups (broad SMARTS) is 1. The van der Waals surface area contributed by atoms with Crippen LogP contribution in [-0.4, -0.2) is 40.5 Å². The minimum Gasteiger partial charge on any atom is -0.480 e. The number of aromatic amines is 1. The van der Waals surface area contributed by atoms with Gasteiger partial charge in [0, 0.05) is 24.2 Å². The number of amides is 2. The molecule has 10 heteroatoms. The average molecular weight is 371 g/mol. The van der Waals surface area contributed by atoms with Crippen molar-refractivity contribution in [2.45, 2.75) is 25.6 Å². The van der Waals surface area contributed by atoms with E-state index in [-0.39, 0.29) is 16.5 Å². The molecule has 0 aliphatic heterocycles. The van der Waals surface area contributed by atoms with Crippen molar-refractivity contribution in [2.75, 3.05) is 6.54 Å². The van der Waals surface area contributed by atoms with Gasteiger partial charge in [0.1, 0.15) is 18.3 Å². The molecular weight excluding hydrogens is 355 g/mol. The van der Waals surface area contributed by atoms with E-state index in [0.717, 1.165) is 6.92 Å². The first-order chi connectivity index (χ1) is 12.1. The van der Waals surface area contributed by atoms with Crippen LogP contribution in [0.3, 0.4) is 0 Å². The van der Waals surface area contributed by atoms with E-state index in [9.17, 15) is 27.6 Å². The molecule has 1 aromatic carbocycles. The van der Waals surface area contributed by atoms with Gasteiger partial charge >= 0.3 is 12.1 Å². The summed E-state index contributed by atoms with van der Waals surface area (Å²) in [5.41, 5.74) is -0.959. The number of alkyl halides is 3. The fourth-order valence-electron chi connectivity index (χ4n) is 2.60.